The predicted octanol–water partition coefficient (Wildman–Crippen LogP) is 2.33. The molecule has 17 heavy (non-hydrogen) atoms. The second-order valence-electron chi connectivity index (χ2n) is 5.19. The van der Waals surface area contributed by atoms with Gasteiger partial charge in [-0.05, 0) is 38.5 Å². The van der Waals surface area contributed by atoms with Gasteiger partial charge in [0.15, 0.2) is 0 Å². The Morgan fingerprint density at radius 2 is 2.35 bits per heavy atom. The van der Waals surface area contributed by atoms with Crippen molar-refractivity contribution in [2.24, 2.45) is 11.8 Å². The van der Waals surface area contributed by atoms with Crippen molar-refractivity contribution in [3.63, 3.8) is 0 Å². The summed E-state index contributed by atoms with van der Waals surface area (Å²) in [6.45, 7) is 6.13. The van der Waals surface area contributed by atoms with Gasteiger partial charge in [0.1, 0.15) is 0 Å². The van der Waals surface area contributed by atoms with Crippen LogP contribution in [0.1, 0.15) is 46.5 Å². The van der Waals surface area contributed by atoms with Crippen molar-refractivity contribution < 1.29 is 14.4 Å². The summed E-state index contributed by atoms with van der Waals surface area (Å²) in [5.74, 6) is 5.63. The second kappa shape index (κ2) is 6.17. The Bertz CT molecular complexity index is 301. The van der Waals surface area contributed by atoms with Crippen LogP contribution in [0.25, 0.3) is 0 Å². The standard InChI is InChI=1S/C13H23NO3/c1-10-7-12(5-4-6-16-11(2)15)9-13(3,8-10)17-14/h7,10H,4-6,8-9,14H2,1-3H3. The second-order valence-corrected chi connectivity index (χ2v) is 5.19. The summed E-state index contributed by atoms with van der Waals surface area (Å²) in [6, 6.07) is 0. The van der Waals surface area contributed by atoms with Crippen LogP contribution in [-0.4, -0.2) is 18.2 Å². The number of hydrogen-bond acceptors (Lipinski definition) is 4. The average Bonchev–Trinajstić information content (AvgIpc) is 2.23. The molecule has 0 bridgehead atoms. The smallest absolute Gasteiger partial charge is 0.302 e. The van der Waals surface area contributed by atoms with E-state index < -0.39 is 0 Å². The highest BCUT2D eigenvalue weighted by Gasteiger charge is 2.31. The Morgan fingerprint density at radius 3 is 2.94 bits per heavy atom. The minimum atomic E-state index is -0.245. The molecule has 4 nitrogen and oxygen atoms in total. The van der Waals surface area contributed by atoms with E-state index >= 15 is 0 Å². The van der Waals surface area contributed by atoms with E-state index in [0.717, 1.165) is 25.7 Å². The van der Waals surface area contributed by atoms with Gasteiger partial charge in [-0.15, -0.1) is 0 Å². The van der Waals surface area contributed by atoms with E-state index in [0.29, 0.717) is 12.5 Å². The van der Waals surface area contributed by atoms with Gasteiger partial charge >= 0.3 is 5.97 Å². The molecule has 0 saturated carbocycles. The van der Waals surface area contributed by atoms with E-state index in [-0.39, 0.29) is 11.6 Å². The topological polar surface area (TPSA) is 61.5 Å². The summed E-state index contributed by atoms with van der Waals surface area (Å²) in [4.78, 5) is 15.7. The molecular formula is C13H23NO3. The molecule has 1 aliphatic rings. The first kappa shape index (κ1) is 14.2. The van der Waals surface area contributed by atoms with Crippen LogP contribution in [0.4, 0.5) is 0 Å². The zero-order valence-corrected chi connectivity index (χ0v) is 11.0. The van der Waals surface area contributed by atoms with Crippen LogP contribution in [0.3, 0.4) is 0 Å². The molecule has 0 aromatic carbocycles. The van der Waals surface area contributed by atoms with Gasteiger partial charge < -0.3 is 4.74 Å². The molecule has 0 saturated heterocycles. The quantitative estimate of drug-likeness (QED) is 0.347. The van der Waals surface area contributed by atoms with Crippen molar-refractivity contribution in [2.75, 3.05) is 6.61 Å². The average molecular weight is 241 g/mol. The molecule has 0 heterocycles. The predicted molar refractivity (Wildman–Crippen MR) is 66.0 cm³/mol. The Morgan fingerprint density at radius 1 is 1.65 bits per heavy atom. The molecule has 0 fully saturated rings. The Hall–Kier alpha value is -0.870. The SMILES string of the molecule is CC(=O)OCCCC1=CC(C)CC(C)(ON)C1. The van der Waals surface area contributed by atoms with Crippen LogP contribution >= 0.6 is 0 Å². The molecule has 1 aliphatic carbocycles. The van der Waals surface area contributed by atoms with Gasteiger partial charge in [0.05, 0.1) is 12.2 Å². The number of esters is 1. The Labute approximate surface area is 103 Å². The minimum Gasteiger partial charge on any atom is -0.466 e. The molecule has 98 valence electrons. The van der Waals surface area contributed by atoms with Crippen LogP contribution in [-0.2, 0) is 14.4 Å². The highest BCUT2D eigenvalue weighted by atomic mass is 16.6. The van der Waals surface area contributed by atoms with Crippen molar-refractivity contribution in [1.82, 2.24) is 0 Å². The fourth-order valence-corrected chi connectivity index (χ4v) is 2.53. The van der Waals surface area contributed by atoms with Crippen LogP contribution in [0, 0.1) is 5.92 Å². The van der Waals surface area contributed by atoms with Gasteiger partial charge in [-0.25, -0.2) is 5.90 Å². The first-order chi connectivity index (χ1) is 7.95. The highest BCUT2D eigenvalue weighted by molar-refractivity contribution is 5.65. The molecule has 0 spiro atoms. The van der Waals surface area contributed by atoms with E-state index in [9.17, 15) is 4.79 Å². The molecule has 2 atom stereocenters. The van der Waals surface area contributed by atoms with Crippen molar-refractivity contribution in [3.05, 3.63) is 11.6 Å². The van der Waals surface area contributed by atoms with Crippen molar-refractivity contribution in [2.45, 2.75) is 52.1 Å². The highest BCUT2D eigenvalue weighted by Crippen LogP contribution is 2.34. The molecule has 0 aromatic rings. The van der Waals surface area contributed by atoms with E-state index in [4.69, 9.17) is 15.5 Å². The van der Waals surface area contributed by atoms with Gasteiger partial charge in [-0.1, -0.05) is 18.6 Å². The minimum absolute atomic E-state index is 0.217. The Kier molecular flexibility index (Phi) is 5.15. The van der Waals surface area contributed by atoms with E-state index in [1.807, 2.05) is 6.92 Å². The molecule has 1 rings (SSSR count). The number of nitrogens with two attached hydrogens (primary N) is 1. The van der Waals surface area contributed by atoms with Gasteiger partial charge in [-0.3, -0.25) is 9.63 Å². The maximum absolute atomic E-state index is 10.6. The molecule has 0 amide bonds. The largest absolute Gasteiger partial charge is 0.466 e. The lowest BCUT2D eigenvalue weighted by Gasteiger charge is -2.34. The number of allylic oxidation sites excluding steroid dienone is 1. The summed E-state index contributed by atoms with van der Waals surface area (Å²) in [7, 11) is 0. The zero-order chi connectivity index (χ0) is 12.9. The fourth-order valence-electron chi connectivity index (χ4n) is 2.53. The third kappa shape index (κ3) is 4.88. The molecule has 4 heteroatoms. The number of carbonyl (C=O) groups excluding carboxylic acids is 1. The van der Waals surface area contributed by atoms with Gasteiger partial charge in [0.2, 0.25) is 0 Å². The first-order valence-corrected chi connectivity index (χ1v) is 6.16. The van der Waals surface area contributed by atoms with Crippen LogP contribution in [0.15, 0.2) is 11.6 Å². The summed E-state index contributed by atoms with van der Waals surface area (Å²) in [6.07, 6.45) is 5.91. The van der Waals surface area contributed by atoms with Gasteiger partial charge in [-0.2, -0.15) is 0 Å². The summed E-state index contributed by atoms with van der Waals surface area (Å²) in [5.41, 5.74) is 1.11. The Balaban J connectivity index is 2.40. The van der Waals surface area contributed by atoms with Crippen LogP contribution < -0.4 is 5.90 Å². The van der Waals surface area contributed by atoms with Crippen molar-refractivity contribution in [1.29, 1.82) is 0 Å². The molecule has 2 unspecified atom stereocenters. The van der Waals surface area contributed by atoms with Crippen LogP contribution in [0.2, 0.25) is 0 Å². The lowest BCUT2D eigenvalue weighted by atomic mass is 9.79. The zero-order valence-electron chi connectivity index (χ0n) is 11.0. The first-order valence-electron chi connectivity index (χ1n) is 6.16. The summed E-state index contributed by atoms with van der Waals surface area (Å²) in [5, 5.41) is 0. The summed E-state index contributed by atoms with van der Waals surface area (Å²) < 4.78 is 4.92. The third-order valence-corrected chi connectivity index (χ3v) is 3.11. The monoisotopic (exact) mass is 241 g/mol. The van der Waals surface area contributed by atoms with Crippen molar-refractivity contribution in [3.8, 4) is 0 Å². The maximum Gasteiger partial charge on any atom is 0.302 e. The molecule has 2 N–H and O–H groups in total. The third-order valence-electron chi connectivity index (χ3n) is 3.11. The molecule has 0 radical (unpaired) electrons. The number of hydrogen-bond donors (Lipinski definition) is 1. The number of ether oxygens (including phenoxy) is 1. The van der Waals surface area contributed by atoms with Gasteiger partial charge in [0, 0.05) is 6.92 Å². The number of carbonyl (C=O) groups is 1. The summed E-state index contributed by atoms with van der Waals surface area (Å²) >= 11 is 0. The molecule has 0 aliphatic heterocycles. The molecular weight excluding hydrogens is 218 g/mol. The van der Waals surface area contributed by atoms with Crippen LogP contribution in [0.5, 0.6) is 0 Å². The van der Waals surface area contributed by atoms with Crippen molar-refractivity contribution >= 4 is 5.97 Å². The fraction of sp³-hybridized carbons (Fsp3) is 0.769. The van der Waals surface area contributed by atoms with Gasteiger partial charge in [0.25, 0.3) is 0 Å². The van der Waals surface area contributed by atoms with E-state index in [1.54, 1.807) is 0 Å². The number of rotatable bonds is 5. The lowest BCUT2D eigenvalue weighted by molar-refractivity contribution is -0.141. The van der Waals surface area contributed by atoms with E-state index in [1.165, 1.54) is 12.5 Å². The molecule has 0 aromatic heterocycles. The normalized spacial score (nSPS) is 28.7. The maximum atomic E-state index is 10.6. The van der Waals surface area contributed by atoms with E-state index in [2.05, 4.69) is 13.0 Å². The lowest BCUT2D eigenvalue weighted by Crippen LogP contribution is -2.36.